The van der Waals surface area contributed by atoms with Crippen LogP contribution in [-0.2, 0) is 40.7 Å². The minimum Gasteiger partial charge on any atom is -0.748 e. The molecule has 0 saturated carbocycles. The molecule has 0 atom stereocenters. The number of amides is 3. The number of nitrogens with zero attached hydrogens (tertiary/aromatic N) is 3. The van der Waals surface area contributed by atoms with Crippen LogP contribution < -0.4 is 39.8 Å². The third-order valence-electron chi connectivity index (χ3n) is 10.3. The first-order valence-corrected chi connectivity index (χ1v) is 21.4. The minimum absolute atomic E-state index is 0. The van der Waals surface area contributed by atoms with E-state index in [9.17, 15) is 40.3 Å². The Kier molecular flexibility index (Phi) is 14.7. The van der Waals surface area contributed by atoms with Crippen molar-refractivity contribution < 1.29 is 74.5 Å². The van der Waals surface area contributed by atoms with E-state index in [1.807, 2.05) is 74.6 Å². The molecule has 16 heteroatoms. The molecule has 3 aliphatic rings. The molecule has 0 unspecified atom stereocenters. The molecular weight excluding hydrogens is 768 g/mol. The van der Waals surface area contributed by atoms with Crippen LogP contribution in [0.1, 0.15) is 74.9 Å². The average molecular weight is 815 g/mol. The van der Waals surface area contributed by atoms with E-state index >= 15 is 0 Å². The average Bonchev–Trinajstić information content (AvgIpc) is 3.62. The van der Waals surface area contributed by atoms with Crippen molar-refractivity contribution in [3.63, 3.8) is 0 Å². The van der Waals surface area contributed by atoms with Crippen molar-refractivity contribution in [1.82, 2.24) is 10.2 Å². The number of carbonyl (C=O) groups is 3. The number of hydrogen-bond acceptors (Lipinski definition) is 10. The molecular formula is C40H47N4NaO9S2. The number of hydrogen-bond donors (Lipinski definition) is 1. The van der Waals surface area contributed by atoms with Gasteiger partial charge in [0.1, 0.15) is 6.54 Å². The van der Waals surface area contributed by atoms with Crippen LogP contribution in [0.25, 0.3) is 0 Å². The predicted octanol–water partition coefficient (Wildman–Crippen LogP) is 1.17. The standard InChI is InChI=1S/C40H48N4O9S2.Na/c1-39(2)30-14-8-9-15-32(30)42(23-10-12-26-54(48,49)50)34(39)16-6-5-7-17-35-40(3,4)31-28-29(38(47)41-22-25-44-36(45)20-21-37(44)46)18-19-33(31)43(35)24-11-13-27-55(51,52)53;/h5-9,14-21,28H,10-13,22-27H2,1-4H3,(H2-,41,47,48,49,50,51,52,53);/q;+1/p-1. The summed E-state index contributed by atoms with van der Waals surface area (Å²) < 4.78 is 69.6. The van der Waals surface area contributed by atoms with E-state index < -0.39 is 49.0 Å². The summed E-state index contributed by atoms with van der Waals surface area (Å²) in [5, 5.41) is 2.78. The fourth-order valence-electron chi connectivity index (χ4n) is 7.43. The van der Waals surface area contributed by atoms with Crippen molar-refractivity contribution in [2.75, 3.05) is 42.6 Å². The van der Waals surface area contributed by atoms with Crippen molar-refractivity contribution in [3.05, 3.63) is 107 Å². The molecule has 0 spiro atoms. The second-order valence-corrected chi connectivity index (χ2v) is 17.9. The fourth-order valence-corrected chi connectivity index (χ4v) is 8.54. The predicted molar refractivity (Wildman–Crippen MR) is 208 cm³/mol. The zero-order chi connectivity index (χ0) is 40.2. The number of carbonyl (C=O) groups excluding carboxylic acids is 3. The molecule has 2 aromatic rings. The van der Waals surface area contributed by atoms with Crippen LogP contribution in [-0.4, -0.2) is 96.5 Å². The normalized spacial score (nSPS) is 18.1. The van der Waals surface area contributed by atoms with Crippen LogP contribution in [0.15, 0.2) is 90.7 Å². The summed E-state index contributed by atoms with van der Waals surface area (Å²) in [4.78, 5) is 40.1. The number of anilines is 1. The van der Waals surface area contributed by atoms with Crippen LogP contribution in [0, 0.1) is 0 Å². The molecule has 0 saturated heterocycles. The largest absolute Gasteiger partial charge is 1.00 e. The molecule has 56 heavy (non-hydrogen) atoms. The van der Waals surface area contributed by atoms with E-state index in [-0.39, 0.29) is 66.8 Å². The number of imide groups is 1. The van der Waals surface area contributed by atoms with E-state index in [0.717, 1.165) is 38.8 Å². The molecule has 0 radical (unpaired) electrons. The number of nitrogens with one attached hydrogen (secondary N) is 1. The maximum Gasteiger partial charge on any atom is 1.00 e. The first-order valence-electron chi connectivity index (χ1n) is 18.2. The molecule has 294 valence electrons. The number of para-hydroxylation sites is 1. The number of allylic oxidation sites excluding steroid dienone is 6. The Morgan fingerprint density at radius 1 is 0.786 bits per heavy atom. The van der Waals surface area contributed by atoms with Gasteiger partial charge in [-0.2, -0.15) is 4.58 Å². The monoisotopic (exact) mass is 814 g/mol. The molecule has 2 aromatic carbocycles. The first-order chi connectivity index (χ1) is 25.8. The van der Waals surface area contributed by atoms with Crippen molar-refractivity contribution >= 4 is 55.0 Å². The van der Waals surface area contributed by atoms with Crippen LogP contribution in [0.2, 0.25) is 0 Å². The molecule has 1 N–H and O–H groups in total. The zero-order valence-corrected chi connectivity index (χ0v) is 36.1. The van der Waals surface area contributed by atoms with Crippen molar-refractivity contribution in [3.8, 4) is 0 Å². The van der Waals surface area contributed by atoms with Gasteiger partial charge in [-0.05, 0) is 62.9 Å². The zero-order valence-electron chi connectivity index (χ0n) is 32.5. The van der Waals surface area contributed by atoms with Gasteiger partial charge in [0, 0.05) is 89.8 Å². The summed E-state index contributed by atoms with van der Waals surface area (Å²) in [5.74, 6) is -2.07. The third kappa shape index (κ3) is 10.6. The number of fused-ring (bicyclic) bond motifs is 2. The molecule has 0 aromatic heterocycles. The van der Waals surface area contributed by atoms with E-state index in [1.54, 1.807) is 6.07 Å². The Morgan fingerprint density at radius 2 is 1.43 bits per heavy atom. The van der Waals surface area contributed by atoms with Crippen LogP contribution in [0.5, 0.6) is 0 Å². The van der Waals surface area contributed by atoms with Gasteiger partial charge in [-0.3, -0.25) is 19.3 Å². The summed E-state index contributed by atoms with van der Waals surface area (Å²) >= 11 is 0. The van der Waals surface area contributed by atoms with E-state index in [0.29, 0.717) is 31.5 Å². The van der Waals surface area contributed by atoms with Crippen molar-refractivity contribution in [1.29, 1.82) is 0 Å². The van der Waals surface area contributed by atoms with Gasteiger partial charge < -0.3 is 19.3 Å². The van der Waals surface area contributed by atoms with Gasteiger partial charge in [0.2, 0.25) is 5.69 Å². The van der Waals surface area contributed by atoms with Gasteiger partial charge >= 0.3 is 29.6 Å². The Balaban J connectivity index is 0.00000696. The van der Waals surface area contributed by atoms with Gasteiger partial charge in [-0.25, -0.2) is 16.8 Å². The Hall–Kier alpha value is -3.70. The van der Waals surface area contributed by atoms with Crippen LogP contribution >= 0.6 is 0 Å². The molecule has 3 heterocycles. The fraction of sp³-hybridized carbons (Fsp3) is 0.400. The van der Waals surface area contributed by atoms with Crippen molar-refractivity contribution in [2.45, 2.75) is 64.2 Å². The maximum atomic E-state index is 13.2. The van der Waals surface area contributed by atoms with Gasteiger partial charge in [0.15, 0.2) is 5.71 Å². The topological polar surface area (TPSA) is 187 Å². The molecule has 0 aliphatic carbocycles. The quantitative estimate of drug-likeness (QED) is 0.0607. The minimum atomic E-state index is -4.35. The summed E-state index contributed by atoms with van der Waals surface area (Å²) in [6, 6.07) is 13.4. The maximum absolute atomic E-state index is 13.2. The van der Waals surface area contributed by atoms with Gasteiger partial charge in [0.05, 0.1) is 25.7 Å². The number of rotatable bonds is 17. The van der Waals surface area contributed by atoms with E-state index in [2.05, 4.69) is 34.7 Å². The molecule has 3 aliphatic heterocycles. The summed E-state index contributed by atoms with van der Waals surface area (Å²) in [7, 11) is -8.64. The second kappa shape index (κ2) is 18.3. The van der Waals surface area contributed by atoms with Gasteiger partial charge in [-0.1, -0.05) is 50.3 Å². The Morgan fingerprint density at radius 3 is 2.09 bits per heavy atom. The van der Waals surface area contributed by atoms with E-state index in [4.69, 9.17) is 0 Å². The number of unbranched alkanes of at least 4 members (excludes halogenated alkanes) is 2. The van der Waals surface area contributed by atoms with Gasteiger partial charge in [-0.15, -0.1) is 0 Å². The summed E-state index contributed by atoms with van der Waals surface area (Å²) in [6.45, 7) is 9.45. The van der Waals surface area contributed by atoms with Crippen LogP contribution in [0.4, 0.5) is 11.4 Å². The first kappa shape index (κ1) is 45.0. The van der Waals surface area contributed by atoms with E-state index in [1.165, 1.54) is 12.2 Å². The summed E-state index contributed by atoms with van der Waals surface area (Å²) in [6.07, 6.45) is 13.6. The molecule has 13 nitrogen and oxygen atoms in total. The van der Waals surface area contributed by atoms with Crippen molar-refractivity contribution in [2.24, 2.45) is 0 Å². The molecule has 3 amide bonds. The van der Waals surface area contributed by atoms with Crippen LogP contribution in [0.3, 0.4) is 0 Å². The second-order valence-electron chi connectivity index (χ2n) is 14.8. The molecule has 5 rings (SSSR count). The summed E-state index contributed by atoms with van der Waals surface area (Å²) in [5.41, 5.74) is 5.33. The Bertz CT molecular complexity index is 2220. The third-order valence-corrected chi connectivity index (χ3v) is 11.8. The molecule has 0 bridgehead atoms. The smallest absolute Gasteiger partial charge is 0.748 e. The SMILES string of the molecule is CC1(C)C(/C=C/C=C/C=C2/N(CCCCS(=O)(=O)[O-])c3ccc(C(=O)NCCN4C(=O)C=CC4=O)cc3C2(C)C)=[N+](CCCCS(=O)(=O)[O-])c2ccccc21.[Na+]. The number of benzene rings is 2. The Labute approximate surface area is 351 Å². The molecule has 0 fully saturated rings. The van der Waals surface area contributed by atoms with Gasteiger partial charge in [0.25, 0.3) is 17.7 Å².